The van der Waals surface area contributed by atoms with Crippen molar-refractivity contribution in [1.82, 2.24) is 10.2 Å². The molecule has 47 heavy (non-hydrogen) atoms. The van der Waals surface area contributed by atoms with Crippen LogP contribution >= 0.6 is 0 Å². The highest BCUT2D eigenvalue weighted by Gasteiger charge is 2.55. The molecule has 2 aliphatic heterocycles. The summed E-state index contributed by atoms with van der Waals surface area (Å²) in [6.45, 7) is 11.3. The van der Waals surface area contributed by atoms with E-state index in [-0.39, 0.29) is 31.3 Å². The van der Waals surface area contributed by atoms with Gasteiger partial charge in [0.1, 0.15) is 17.9 Å². The number of methoxy groups -OCH3 is 1. The predicted octanol–water partition coefficient (Wildman–Crippen LogP) is 4.29. The number of carbonyl (C=O) groups is 5. The molecular formula is C35H50N4O8. The quantitative estimate of drug-likeness (QED) is 0.315. The number of hydrogen-bond donors (Lipinski definition) is 2. The molecule has 2 fully saturated rings. The van der Waals surface area contributed by atoms with Gasteiger partial charge in [-0.1, -0.05) is 39.3 Å². The number of likely N-dealkylation sites (tertiary alicyclic amines) is 1. The molecular weight excluding hydrogens is 604 g/mol. The van der Waals surface area contributed by atoms with Crippen molar-refractivity contribution in [3.05, 3.63) is 28.8 Å². The van der Waals surface area contributed by atoms with Gasteiger partial charge in [-0.25, -0.2) is 4.79 Å². The number of hydrogen-bond acceptors (Lipinski definition) is 9. The number of oxime groups is 1. The van der Waals surface area contributed by atoms with Crippen LogP contribution in [0.1, 0.15) is 102 Å². The van der Waals surface area contributed by atoms with E-state index in [1.807, 2.05) is 53.7 Å². The number of benzene rings is 1. The van der Waals surface area contributed by atoms with E-state index in [4.69, 9.17) is 20.0 Å². The molecule has 1 aromatic rings. The van der Waals surface area contributed by atoms with Gasteiger partial charge in [0, 0.05) is 30.7 Å². The van der Waals surface area contributed by atoms with E-state index >= 15 is 0 Å². The lowest BCUT2D eigenvalue weighted by Gasteiger charge is -2.35. The van der Waals surface area contributed by atoms with Crippen molar-refractivity contribution in [2.45, 2.75) is 123 Å². The second kappa shape index (κ2) is 14.4. The minimum absolute atomic E-state index is 0.0392. The molecule has 4 atom stereocenters. The first kappa shape index (κ1) is 35.9. The van der Waals surface area contributed by atoms with Gasteiger partial charge in [-0.15, -0.1) is 0 Å². The number of carbonyl (C=O) groups excluding carboxylic acids is 5. The van der Waals surface area contributed by atoms with Crippen LogP contribution in [-0.2, 0) is 28.8 Å². The lowest BCUT2D eigenvalue weighted by atomic mass is 9.85. The first-order chi connectivity index (χ1) is 22.1. The Morgan fingerprint density at radius 3 is 2.32 bits per heavy atom. The number of ether oxygens (including phenoxy) is 2. The molecule has 12 nitrogen and oxygen atoms in total. The highest BCUT2D eigenvalue weighted by atomic mass is 16.7. The Kier molecular flexibility index (Phi) is 11.0. The number of ketones is 2. The third-order valence-electron chi connectivity index (χ3n) is 9.54. The Balaban J connectivity index is 1.63. The molecule has 3 aliphatic rings. The summed E-state index contributed by atoms with van der Waals surface area (Å²) in [6, 6.07) is 1.94. The van der Waals surface area contributed by atoms with Gasteiger partial charge in [-0.2, -0.15) is 0 Å². The van der Waals surface area contributed by atoms with Crippen LogP contribution in [0.15, 0.2) is 17.3 Å². The summed E-state index contributed by atoms with van der Waals surface area (Å²) in [5.41, 5.74) is 6.97. The van der Waals surface area contributed by atoms with E-state index in [2.05, 4.69) is 10.5 Å². The highest BCUT2D eigenvalue weighted by Crippen LogP contribution is 2.41. The topological polar surface area (TPSA) is 167 Å². The normalized spacial score (nSPS) is 22.4. The second-order valence-corrected chi connectivity index (χ2v) is 14.5. The van der Waals surface area contributed by atoms with Crippen LogP contribution in [0.4, 0.5) is 4.79 Å². The van der Waals surface area contributed by atoms with Crippen LogP contribution in [0.3, 0.4) is 0 Å². The molecule has 1 spiro atoms. The van der Waals surface area contributed by atoms with Crippen molar-refractivity contribution >= 4 is 35.2 Å². The molecule has 1 aromatic carbocycles. The molecule has 1 saturated carbocycles. The van der Waals surface area contributed by atoms with Crippen LogP contribution in [-0.4, -0.2) is 77.5 Å². The number of primary amides is 1. The molecule has 0 bridgehead atoms. The Morgan fingerprint density at radius 2 is 1.77 bits per heavy atom. The number of amides is 3. The van der Waals surface area contributed by atoms with E-state index in [9.17, 15) is 24.0 Å². The average molecular weight is 655 g/mol. The molecule has 4 rings (SSSR count). The van der Waals surface area contributed by atoms with Crippen molar-refractivity contribution in [3.8, 4) is 5.75 Å². The molecule has 2 heterocycles. The molecule has 0 radical (unpaired) electrons. The zero-order valence-electron chi connectivity index (χ0n) is 28.8. The summed E-state index contributed by atoms with van der Waals surface area (Å²) in [5.74, 6) is -2.84. The predicted molar refractivity (Wildman–Crippen MR) is 175 cm³/mol. The molecule has 3 N–H and O–H groups in total. The second-order valence-electron chi connectivity index (χ2n) is 14.5. The SMILES string of the molecule is CCCC(CC(=O)[C@@H]1C[C@]2(CC(c3cc(C)c(OC)c(C)c3)=NO2)CN1C(=O)[C@@H](NC(=O)OC1CCCC1)C(C)(C)C)C(=O)C(N)=O. The minimum Gasteiger partial charge on any atom is -0.496 e. The van der Waals surface area contributed by atoms with Crippen molar-refractivity contribution in [3.63, 3.8) is 0 Å². The highest BCUT2D eigenvalue weighted by molar-refractivity contribution is 6.36. The first-order valence-corrected chi connectivity index (χ1v) is 16.6. The smallest absolute Gasteiger partial charge is 0.408 e. The van der Waals surface area contributed by atoms with Gasteiger partial charge in [0.05, 0.1) is 25.4 Å². The monoisotopic (exact) mass is 654 g/mol. The maximum atomic E-state index is 14.4. The van der Waals surface area contributed by atoms with Crippen molar-refractivity contribution in [2.24, 2.45) is 22.2 Å². The van der Waals surface area contributed by atoms with Crippen molar-refractivity contribution < 1.29 is 38.3 Å². The standard InChI is InChI=1S/C35H50N4O8/c1-8-11-22(28(41)31(36)42)16-27(40)26-18-35(17-25(38-47-35)23-14-20(2)29(45-7)21(3)15-23)19-39(26)32(43)30(34(4,5)6)37-33(44)46-24-12-9-10-13-24/h14-15,22,24,26,30H,8-13,16-19H2,1-7H3,(H2,36,42)(H,37,44)/t22?,26-,30+,35+/m0/s1. The van der Waals surface area contributed by atoms with Crippen LogP contribution in [0.2, 0.25) is 0 Å². The average Bonchev–Trinajstić information content (AvgIpc) is 3.75. The Hall–Kier alpha value is -3.96. The first-order valence-electron chi connectivity index (χ1n) is 16.6. The van der Waals surface area contributed by atoms with Crippen molar-refractivity contribution in [2.75, 3.05) is 13.7 Å². The molecule has 1 saturated heterocycles. The van der Waals surface area contributed by atoms with E-state index < -0.39 is 52.7 Å². The van der Waals surface area contributed by atoms with Gasteiger partial charge in [0.2, 0.25) is 11.7 Å². The molecule has 0 aromatic heterocycles. The van der Waals surface area contributed by atoms with Gasteiger partial charge in [0.15, 0.2) is 11.4 Å². The Morgan fingerprint density at radius 1 is 1.13 bits per heavy atom. The van der Waals surface area contributed by atoms with Crippen LogP contribution in [0.25, 0.3) is 0 Å². The lowest BCUT2D eigenvalue weighted by Crippen LogP contribution is -2.57. The van der Waals surface area contributed by atoms with E-state index in [1.54, 1.807) is 7.11 Å². The van der Waals surface area contributed by atoms with Gasteiger partial charge < -0.3 is 30.3 Å². The van der Waals surface area contributed by atoms with E-state index in [0.717, 1.165) is 48.1 Å². The van der Waals surface area contributed by atoms with Gasteiger partial charge >= 0.3 is 6.09 Å². The maximum absolute atomic E-state index is 14.4. The summed E-state index contributed by atoms with van der Waals surface area (Å²) in [5, 5.41) is 7.22. The van der Waals surface area contributed by atoms with Crippen LogP contribution in [0.5, 0.6) is 5.75 Å². The van der Waals surface area contributed by atoms with Crippen LogP contribution in [0, 0.1) is 25.2 Å². The maximum Gasteiger partial charge on any atom is 0.408 e. The third-order valence-corrected chi connectivity index (χ3v) is 9.54. The van der Waals surface area contributed by atoms with E-state index in [1.165, 1.54) is 4.90 Å². The van der Waals surface area contributed by atoms with Crippen LogP contribution < -0.4 is 15.8 Å². The summed E-state index contributed by atoms with van der Waals surface area (Å²) >= 11 is 0. The summed E-state index contributed by atoms with van der Waals surface area (Å²) < 4.78 is 11.1. The number of nitrogens with zero attached hydrogens (tertiary/aromatic N) is 2. The number of aryl methyl sites for hydroxylation is 2. The molecule has 12 heteroatoms. The molecule has 1 aliphatic carbocycles. The third kappa shape index (κ3) is 8.13. The minimum atomic E-state index is -1.09. The molecule has 1 unspecified atom stereocenters. The summed E-state index contributed by atoms with van der Waals surface area (Å²) in [7, 11) is 1.62. The number of alkyl carbamates (subject to hydrolysis) is 1. The lowest BCUT2D eigenvalue weighted by molar-refractivity contribution is -0.143. The van der Waals surface area contributed by atoms with Gasteiger partial charge in [-0.05, 0) is 74.6 Å². The summed E-state index contributed by atoms with van der Waals surface area (Å²) in [4.78, 5) is 73.4. The molecule has 258 valence electrons. The van der Waals surface area contributed by atoms with E-state index in [0.29, 0.717) is 25.0 Å². The molecule has 3 amide bonds. The fourth-order valence-corrected chi connectivity index (χ4v) is 7.15. The fourth-order valence-electron chi connectivity index (χ4n) is 7.15. The largest absolute Gasteiger partial charge is 0.496 e. The van der Waals surface area contributed by atoms with Gasteiger partial charge in [-0.3, -0.25) is 19.2 Å². The summed E-state index contributed by atoms with van der Waals surface area (Å²) in [6.07, 6.45) is 3.74. The number of nitrogens with one attached hydrogen (secondary N) is 1. The fraction of sp³-hybridized carbons (Fsp3) is 0.657. The Bertz CT molecular complexity index is 1400. The number of nitrogens with two attached hydrogens (primary N) is 1. The number of Topliss-reactive ketones (excluding diaryl/α,β-unsaturated/α-hetero) is 2. The number of rotatable bonds is 12. The van der Waals surface area contributed by atoms with Crippen molar-refractivity contribution in [1.29, 1.82) is 0 Å². The zero-order chi connectivity index (χ0) is 34.7. The zero-order valence-corrected chi connectivity index (χ0v) is 28.8. The Labute approximate surface area is 277 Å². The van der Waals surface area contributed by atoms with Gasteiger partial charge in [0.25, 0.3) is 5.91 Å².